The fraction of sp³-hybridized carbons (Fsp3) is 0.567. The molecule has 1 spiro atoms. The summed E-state index contributed by atoms with van der Waals surface area (Å²) in [5.74, 6) is 1.56. The van der Waals surface area contributed by atoms with E-state index in [1.807, 2.05) is 36.2 Å². The van der Waals surface area contributed by atoms with Crippen LogP contribution in [-0.2, 0) is 23.1 Å². The number of hydrogen-bond acceptors (Lipinski definition) is 5. The number of rotatable bonds is 6. The Labute approximate surface area is 212 Å². The van der Waals surface area contributed by atoms with Gasteiger partial charge in [0.15, 0.2) is 11.5 Å². The number of carbonyl (C=O) groups is 1. The van der Waals surface area contributed by atoms with Gasteiger partial charge in [0, 0.05) is 31.6 Å². The van der Waals surface area contributed by atoms with Crippen LogP contribution in [0.1, 0.15) is 55.2 Å². The van der Waals surface area contributed by atoms with E-state index < -0.39 is 11.0 Å². The highest BCUT2D eigenvalue weighted by atomic mass is 16.5. The number of ether oxygens (including phenoxy) is 1. The molecule has 3 fully saturated rings. The van der Waals surface area contributed by atoms with Crippen LogP contribution in [0.15, 0.2) is 42.5 Å². The van der Waals surface area contributed by atoms with Crippen LogP contribution in [0, 0.1) is 5.92 Å². The van der Waals surface area contributed by atoms with Gasteiger partial charge >= 0.3 is 0 Å². The molecule has 1 amide bonds. The maximum atomic E-state index is 13.4. The van der Waals surface area contributed by atoms with Gasteiger partial charge in [-0.3, -0.25) is 9.69 Å². The number of aryl methyl sites for hydroxylation is 1. The van der Waals surface area contributed by atoms with Crippen LogP contribution in [0.3, 0.4) is 0 Å². The molecular weight excluding hydrogens is 452 g/mol. The molecule has 36 heavy (non-hydrogen) atoms. The molecule has 6 nitrogen and oxygen atoms in total. The third-order valence-corrected chi connectivity index (χ3v) is 10.1. The van der Waals surface area contributed by atoms with Gasteiger partial charge in [-0.1, -0.05) is 36.4 Å². The molecule has 2 heterocycles. The molecule has 2 aromatic rings. The van der Waals surface area contributed by atoms with E-state index >= 15 is 0 Å². The first-order valence-electron chi connectivity index (χ1n) is 13.7. The van der Waals surface area contributed by atoms with Crippen molar-refractivity contribution in [2.24, 2.45) is 5.92 Å². The first-order chi connectivity index (χ1) is 17.4. The van der Waals surface area contributed by atoms with Crippen molar-refractivity contribution < 1.29 is 19.7 Å². The predicted molar refractivity (Wildman–Crippen MR) is 136 cm³/mol. The molecule has 5 atom stereocenters. The van der Waals surface area contributed by atoms with Crippen LogP contribution in [0.5, 0.6) is 11.5 Å². The molecule has 2 bridgehead atoms. The molecule has 5 aliphatic rings. The van der Waals surface area contributed by atoms with Gasteiger partial charge in [0.25, 0.3) is 0 Å². The zero-order valence-electron chi connectivity index (χ0n) is 21.0. The summed E-state index contributed by atoms with van der Waals surface area (Å²) in [5, 5.41) is 23.4. The summed E-state index contributed by atoms with van der Waals surface area (Å²) in [6.07, 6.45) is 6.33. The Kier molecular flexibility index (Phi) is 5.00. The topological polar surface area (TPSA) is 73.2 Å². The highest BCUT2D eigenvalue weighted by Crippen LogP contribution is 2.66. The number of aliphatic hydroxyl groups is 1. The molecule has 0 aromatic heterocycles. The standard InChI is InChI=1S/C30H36N2O4/c1-31(25(34)12-9-19-5-3-2-4-6-19)22-13-14-30(35)24-17-21-10-11-23(33)27-26(21)29(30,28(22)36-27)15-16-32(24)18-20-7-8-20/h2-6,10-11,20,22,24,28,33,35H,7-9,12-18H2,1H3/t22?,24-,28?,29+,30-/m1/s1. The van der Waals surface area contributed by atoms with Gasteiger partial charge in [-0.25, -0.2) is 0 Å². The van der Waals surface area contributed by atoms with Gasteiger partial charge in [0.05, 0.1) is 17.1 Å². The number of hydrogen-bond donors (Lipinski definition) is 2. The Morgan fingerprint density at radius 3 is 2.72 bits per heavy atom. The SMILES string of the molecule is CN(C(=O)CCc1ccccc1)C1CC[C@@]2(O)[C@H]3Cc4ccc(O)c5c4[C@@]2(CCN3CC2CC2)C1O5. The summed E-state index contributed by atoms with van der Waals surface area (Å²) in [5.41, 5.74) is 1.87. The minimum atomic E-state index is -0.915. The van der Waals surface area contributed by atoms with Gasteiger partial charge in [-0.2, -0.15) is 0 Å². The average Bonchev–Trinajstić information content (AvgIpc) is 3.63. The van der Waals surface area contributed by atoms with Gasteiger partial charge in [-0.15, -0.1) is 0 Å². The summed E-state index contributed by atoms with van der Waals surface area (Å²) in [6, 6.07) is 13.8. The maximum Gasteiger partial charge on any atom is 0.223 e. The molecule has 0 radical (unpaired) electrons. The lowest BCUT2D eigenvalue weighted by atomic mass is 9.48. The quantitative estimate of drug-likeness (QED) is 0.652. The number of amides is 1. The number of piperidine rings is 1. The van der Waals surface area contributed by atoms with Gasteiger partial charge in [0.1, 0.15) is 6.10 Å². The van der Waals surface area contributed by atoms with Crippen molar-refractivity contribution in [1.29, 1.82) is 0 Å². The molecule has 2 aromatic carbocycles. The smallest absolute Gasteiger partial charge is 0.223 e. The van der Waals surface area contributed by atoms with Crippen LogP contribution in [0.25, 0.3) is 0 Å². The second-order valence-corrected chi connectivity index (χ2v) is 11.9. The lowest BCUT2D eigenvalue weighted by Crippen LogP contribution is -2.78. The highest BCUT2D eigenvalue weighted by Gasteiger charge is 2.73. The van der Waals surface area contributed by atoms with Crippen molar-refractivity contribution in [3.05, 3.63) is 59.2 Å². The van der Waals surface area contributed by atoms with Crippen LogP contribution in [0.4, 0.5) is 0 Å². The van der Waals surface area contributed by atoms with Crippen molar-refractivity contribution in [1.82, 2.24) is 9.80 Å². The minimum Gasteiger partial charge on any atom is -0.504 e. The zero-order chi connectivity index (χ0) is 24.7. The monoisotopic (exact) mass is 488 g/mol. The van der Waals surface area contributed by atoms with Crippen LogP contribution < -0.4 is 4.74 Å². The molecular formula is C30H36N2O4. The van der Waals surface area contributed by atoms with E-state index in [2.05, 4.69) is 17.0 Å². The maximum absolute atomic E-state index is 13.4. The lowest BCUT2D eigenvalue weighted by Gasteiger charge is -2.64. The van der Waals surface area contributed by atoms with Gasteiger partial charge in [-0.05, 0) is 74.6 Å². The van der Waals surface area contributed by atoms with Crippen molar-refractivity contribution in [3.63, 3.8) is 0 Å². The molecule has 2 unspecified atom stereocenters. The van der Waals surface area contributed by atoms with E-state index in [0.29, 0.717) is 31.4 Å². The first kappa shape index (κ1) is 22.6. The summed E-state index contributed by atoms with van der Waals surface area (Å²) in [7, 11) is 1.90. The lowest BCUT2D eigenvalue weighted by molar-refractivity contribution is -0.200. The molecule has 3 aliphatic carbocycles. The van der Waals surface area contributed by atoms with E-state index in [-0.39, 0.29) is 29.8 Å². The molecule has 2 saturated carbocycles. The fourth-order valence-electron chi connectivity index (χ4n) is 8.11. The number of likely N-dealkylation sites (N-methyl/N-ethyl adjacent to an activating group) is 1. The Hall–Kier alpha value is -2.57. The number of benzene rings is 2. The Morgan fingerprint density at radius 2 is 1.94 bits per heavy atom. The summed E-state index contributed by atoms with van der Waals surface area (Å²) >= 11 is 0. The Bertz CT molecular complexity index is 1200. The van der Waals surface area contributed by atoms with E-state index in [1.54, 1.807) is 6.07 Å². The van der Waals surface area contributed by atoms with E-state index in [1.165, 1.54) is 18.4 Å². The van der Waals surface area contributed by atoms with Gasteiger partial charge in [0.2, 0.25) is 5.91 Å². The molecule has 2 aliphatic heterocycles. The summed E-state index contributed by atoms with van der Waals surface area (Å²) < 4.78 is 6.63. The third-order valence-electron chi connectivity index (χ3n) is 10.1. The fourth-order valence-corrected chi connectivity index (χ4v) is 8.11. The first-order valence-corrected chi connectivity index (χ1v) is 13.7. The highest BCUT2D eigenvalue weighted by molar-refractivity contribution is 5.77. The number of carbonyl (C=O) groups excluding carboxylic acids is 1. The van der Waals surface area contributed by atoms with Crippen molar-refractivity contribution >= 4 is 5.91 Å². The second-order valence-electron chi connectivity index (χ2n) is 11.9. The number of phenols is 1. The number of aromatic hydroxyl groups is 1. The molecule has 2 N–H and O–H groups in total. The molecule has 1 saturated heterocycles. The van der Waals surface area contributed by atoms with Crippen molar-refractivity contribution in [2.75, 3.05) is 20.1 Å². The normalized spacial score (nSPS) is 34.1. The largest absolute Gasteiger partial charge is 0.504 e. The zero-order valence-corrected chi connectivity index (χ0v) is 21.0. The molecule has 6 heteroatoms. The van der Waals surface area contributed by atoms with E-state index in [9.17, 15) is 15.0 Å². The van der Waals surface area contributed by atoms with Crippen LogP contribution in [0.2, 0.25) is 0 Å². The minimum absolute atomic E-state index is 0.0565. The Morgan fingerprint density at radius 1 is 1.14 bits per heavy atom. The summed E-state index contributed by atoms with van der Waals surface area (Å²) in [6.45, 7) is 1.99. The van der Waals surface area contributed by atoms with Crippen LogP contribution in [-0.4, -0.2) is 69.8 Å². The summed E-state index contributed by atoms with van der Waals surface area (Å²) in [4.78, 5) is 17.8. The number of nitrogens with zero attached hydrogens (tertiary/aromatic N) is 2. The average molecular weight is 489 g/mol. The third kappa shape index (κ3) is 3.07. The van der Waals surface area contributed by atoms with E-state index in [4.69, 9.17) is 4.74 Å². The Balaban J connectivity index is 1.23. The number of phenolic OH excluding ortho intramolecular Hbond substituents is 1. The molecule has 7 rings (SSSR count). The number of likely N-dealkylation sites (tertiary alicyclic amines) is 1. The van der Waals surface area contributed by atoms with Crippen LogP contribution >= 0.6 is 0 Å². The molecule has 190 valence electrons. The van der Waals surface area contributed by atoms with Crippen molar-refractivity contribution in [2.45, 2.75) is 80.6 Å². The predicted octanol–water partition coefficient (Wildman–Crippen LogP) is 3.42. The van der Waals surface area contributed by atoms with Crippen molar-refractivity contribution in [3.8, 4) is 11.5 Å². The van der Waals surface area contributed by atoms with E-state index in [0.717, 1.165) is 43.0 Å². The van der Waals surface area contributed by atoms with Gasteiger partial charge < -0.3 is 19.8 Å². The second kappa shape index (κ2) is 7.96.